The Hall–Kier alpha value is -2.38. The summed E-state index contributed by atoms with van der Waals surface area (Å²) in [6.45, 7) is -1.36. The van der Waals surface area contributed by atoms with E-state index in [9.17, 15) is 18.4 Å². The maximum absolute atomic E-state index is 12.5. The van der Waals surface area contributed by atoms with Crippen LogP contribution in [0.15, 0.2) is 18.2 Å². The molecule has 0 spiro atoms. The van der Waals surface area contributed by atoms with E-state index in [-0.39, 0.29) is 35.9 Å². The Morgan fingerprint density at radius 1 is 1.36 bits per heavy atom. The molecule has 0 aliphatic heterocycles. The number of halogens is 2. The van der Waals surface area contributed by atoms with Crippen LogP contribution in [0.3, 0.4) is 0 Å². The number of carbonyl (C=O) groups excluding carboxylic acids is 1. The summed E-state index contributed by atoms with van der Waals surface area (Å²) < 4.78 is 34.2. The lowest BCUT2D eigenvalue weighted by Gasteiger charge is -2.15. The number of methoxy groups -OCH3 is 1. The molecule has 0 bridgehead atoms. The van der Waals surface area contributed by atoms with Crippen molar-refractivity contribution in [2.75, 3.05) is 13.7 Å². The van der Waals surface area contributed by atoms with Crippen molar-refractivity contribution in [3.63, 3.8) is 0 Å². The number of amides is 1. The van der Waals surface area contributed by atoms with Gasteiger partial charge >= 0.3 is 12.6 Å². The number of para-hydroxylation sites is 1. The number of aliphatic carboxylic acids is 1. The van der Waals surface area contributed by atoms with Crippen LogP contribution in [0.5, 0.6) is 11.5 Å². The molecule has 1 atom stereocenters. The first-order chi connectivity index (χ1) is 10.3. The molecule has 1 unspecified atom stereocenters. The molecule has 8 heteroatoms. The predicted octanol–water partition coefficient (Wildman–Crippen LogP) is 2.14. The largest absolute Gasteiger partial charge is 0.493 e. The van der Waals surface area contributed by atoms with Gasteiger partial charge in [-0.3, -0.25) is 9.59 Å². The molecule has 0 aliphatic rings. The number of hydrogen-bond donors (Lipinski definition) is 2. The van der Waals surface area contributed by atoms with E-state index in [1.165, 1.54) is 25.3 Å². The predicted molar refractivity (Wildman–Crippen MR) is 73.4 cm³/mol. The minimum Gasteiger partial charge on any atom is -0.493 e. The number of alkyl halides is 2. The first kappa shape index (κ1) is 17.7. The van der Waals surface area contributed by atoms with Crippen LogP contribution in [-0.4, -0.2) is 37.2 Å². The van der Waals surface area contributed by atoms with E-state index < -0.39 is 18.5 Å². The summed E-state index contributed by atoms with van der Waals surface area (Å²) in [4.78, 5) is 22.6. The summed E-state index contributed by atoms with van der Waals surface area (Å²) >= 11 is 0. The summed E-state index contributed by atoms with van der Waals surface area (Å²) in [6.07, 6.45) is -0.112. The molecule has 0 fully saturated rings. The molecule has 1 rings (SSSR count). The minimum atomic E-state index is -3.10. The highest BCUT2D eigenvalue weighted by Crippen LogP contribution is 2.32. The van der Waals surface area contributed by atoms with Crippen molar-refractivity contribution in [1.82, 2.24) is 5.32 Å². The topological polar surface area (TPSA) is 84.9 Å². The third-order valence-corrected chi connectivity index (χ3v) is 2.78. The molecule has 1 amide bonds. The van der Waals surface area contributed by atoms with E-state index in [0.29, 0.717) is 0 Å². The Morgan fingerprint density at radius 2 is 2.05 bits per heavy atom. The minimum absolute atomic E-state index is 0.00605. The van der Waals surface area contributed by atoms with Crippen LogP contribution in [0.1, 0.15) is 23.7 Å². The van der Waals surface area contributed by atoms with Crippen LogP contribution in [0.2, 0.25) is 0 Å². The zero-order chi connectivity index (χ0) is 16.7. The van der Waals surface area contributed by atoms with Crippen LogP contribution in [0.4, 0.5) is 8.78 Å². The van der Waals surface area contributed by atoms with Gasteiger partial charge in [0.25, 0.3) is 5.91 Å². The van der Waals surface area contributed by atoms with E-state index >= 15 is 0 Å². The molecule has 0 aromatic heterocycles. The van der Waals surface area contributed by atoms with Crippen molar-refractivity contribution in [3.8, 4) is 11.5 Å². The van der Waals surface area contributed by atoms with Gasteiger partial charge in [0.15, 0.2) is 11.5 Å². The van der Waals surface area contributed by atoms with E-state index in [1.807, 2.05) is 0 Å². The highest BCUT2D eigenvalue weighted by molar-refractivity contribution is 5.97. The van der Waals surface area contributed by atoms with Crippen LogP contribution in [-0.2, 0) is 4.79 Å². The van der Waals surface area contributed by atoms with Gasteiger partial charge in [-0.25, -0.2) is 0 Å². The first-order valence-electron chi connectivity index (χ1n) is 6.47. The average molecular weight is 317 g/mol. The van der Waals surface area contributed by atoms with Gasteiger partial charge in [-0.1, -0.05) is 13.0 Å². The fourth-order valence-electron chi connectivity index (χ4n) is 1.80. The van der Waals surface area contributed by atoms with E-state index in [1.54, 1.807) is 6.92 Å². The normalized spacial score (nSPS) is 11.9. The van der Waals surface area contributed by atoms with Gasteiger partial charge in [0, 0.05) is 13.0 Å². The van der Waals surface area contributed by atoms with E-state index in [4.69, 9.17) is 9.84 Å². The van der Waals surface area contributed by atoms with Crippen molar-refractivity contribution in [3.05, 3.63) is 23.8 Å². The van der Waals surface area contributed by atoms with Crippen LogP contribution in [0.25, 0.3) is 0 Å². The summed E-state index contributed by atoms with van der Waals surface area (Å²) in [7, 11) is 1.27. The van der Waals surface area contributed by atoms with Crippen LogP contribution >= 0.6 is 0 Å². The number of hydrogen-bond acceptors (Lipinski definition) is 4. The lowest BCUT2D eigenvalue weighted by Crippen LogP contribution is -2.29. The molecule has 0 saturated heterocycles. The van der Waals surface area contributed by atoms with Gasteiger partial charge in [-0.05, 0) is 18.1 Å². The van der Waals surface area contributed by atoms with Gasteiger partial charge in [0.2, 0.25) is 0 Å². The maximum Gasteiger partial charge on any atom is 0.387 e. The third-order valence-electron chi connectivity index (χ3n) is 2.78. The molecule has 0 aliphatic carbocycles. The SMILES string of the molecule is COc1cccc(C(=O)NCC(C)CC(=O)O)c1OC(F)F. The van der Waals surface area contributed by atoms with Crippen molar-refractivity contribution >= 4 is 11.9 Å². The molecule has 0 radical (unpaired) electrons. The molecule has 0 saturated carbocycles. The summed E-state index contributed by atoms with van der Waals surface area (Å²) in [6, 6.07) is 4.17. The molecule has 1 aromatic rings. The van der Waals surface area contributed by atoms with Crippen molar-refractivity contribution in [1.29, 1.82) is 0 Å². The molecule has 0 heterocycles. The number of carboxylic acids is 1. The second-order valence-corrected chi connectivity index (χ2v) is 4.63. The Bertz CT molecular complexity index is 536. The number of nitrogens with one attached hydrogen (secondary N) is 1. The van der Waals surface area contributed by atoms with Crippen LogP contribution < -0.4 is 14.8 Å². The quantitative estimate of drug-likeness (QED) is 0.767. The highest BCUT2D eigenvalue weighted by atomic mass is 19.3. The van der Waals surface area contributed by atoms with Crippen LogP contribution in [0, 0.1) is 5.92 Å². The molecule has 2 N–H and O–H groups in total. The standard InChI is InChI=1S/C14H17F2NO5/c1-8(6-11(18)19)7-17-13(20)9-4-3-5-10(21-2)12(9)22-14(15)16/h3-5,8,14H,6-7H2,1-2H3,(H,17,20)(H,18,19). The smallest absolute Gasteiger partial charge is 0.387 e. The number of carboxylic acid groups (broad SMARTS) is 1. The lowest BCUT2D eigenvalue weighted by atomic mass is 10.1. The number of ether oxygens (including phenoxy) is 2. The summed E-state index contributed by atoms with van der Waals surface area (Å²) in [5.74, 6) is -2.28. The Labute approximate surface area is 126 Å². The Kier molecular flexibility index (Phi) is 6.55. The molecule has 6 nitrogen and oxygen atoms in total. The second-order valence-electron chi connectivity index (χ2n) is 4.63. The molecular weight excluding hydrogens is 300 g/mol. The fourth-order valence-corrected chi connectivity index (χ4v) is 1.80. The molecule has 22 heavy (non-hydrogen) atoms. The number of benzene rings is 1. The monoisotopic (exact) mass is 317 g/mol. The summed E-state index contributed by atoms with van der Waals surface area (Å²) in [5.41, 5.74) is -0.109. The van der Waals surface area contributed by atoms with Gasteiger partial charge in [-0.2, -0.15) is 8.78 Å². The highest BCUT2D eigenvalue weighted by Gasteiger charge is 2.20. The van der Waals surface area contributed by atoms with Gasteiger partial charge in [0.1, 0.15) is 0 Å². The van der Waals surface area contributed by atoms with E-state index in [2.05, 4.69) is 10.1 Å². The van der Waals surface area contributed by atoms with Gasteiger partial charge in [0.05, 0.1) is 12.7 Å². The number of carbonyl (C=O) groups is 2. The van der Waals surface area contributed by atoms with Gasteiger partial charge in [-0.15, -0.1) is 0 Å². The molecule has 1 aromatic carbocycles. The van der Waals surface area contributed by atoms with E-state index in [0.717, 1.165) is 0 Å². The summed E-state index contributed by atoms with van der Waals surface area (Å²) in [5, 5.41) is 11.1. The third kappa shape index (κ3) is 5.19. The maximum atomic E-state index is 12.5. The van der Waals surface area contributed by atoms with Crippen molar-refractivity contribution in [2.45, 2.75) is 20.0 Å². The lowest BCUT2D eigenvalue weighted by molar-refractivity contribution is -0.137. The second kappa shape index (κ2) is 8.16. The zero-order valence-corrected chi connectivity index (χ0v) is 12.1. The van der Waals surface area contributed by atoms with Gasteiger partial charge < -0.3 is 19.9 Å². The Morgan fingerprint density at radius 3 is 2.59 bits per heavy atom. The molecule has 122 valence electrons. The zero-order valence-electron chi connectivity index (χ0n) is 12.1. The molecular formula is C14H17F2NO5. The van der Waals surface area contributed by atoms with Crippen molar-refractivity contribution in [2.24, 2.45) is 5.92 Å². The fraction of sp³-hybridized carbons (Fsp3) is 0.429. The number of rotatable bonds is 8. The Balaban J connectivity index is 2.86. The average Bonchev–Trinajstić information content (AvgIpc) is 2.43. The first-order valence-corrected chi connectivity index (χ1v) is 6.47. The van der Waals surface area contributed by atoms with Crippen molar-refractivity contribution < 1.29 is 33.0 Å².